The van der Waals surface area contributed by atoms with Gasteiger partial charge in [-0.3, -0.25) is 4.79 Å². The molecule has 0 N–H and O–H groups in total. The Bertz CT molecular complexity index is 1000. The molecule has 1 atom stereocenters. The molecule has 1 amide bonds. The number of thioether (sulfide) groups is 1. The van der Waals surface area contributed by atoms with Gasteiger partial charge in [-0.1, -0.05) is 11.6 Å². The minimum absolute atomic E-state index is 0.131. The van der Waals surface area contributed by atoms with Crippen molar-refractivity contribution in [1.29, 1.82) is 0 Å². The molecule has 0 fully saturated rings. The van der Waals surface area contributed by atoms with E-state index in [1.807, 2.05) is 0 Å². The summed E-state index contributed by atoms with van der Waals surface area (Å²) >= 11 is 6.81. The molecule has 0 spiro atoms. The van der Waals surface area contributed by atoms with Crippen LogP contribution in [0.1, 0.15) is 29.1 Å². The first-order chi connectivity index (χ1) is 13.5. The van der Waals surface area contributed by atoms with E-state index in [1.54, 1.807) is 0 Å². The normalized spacial score (nSPS) is 13.3. The zero-order valence-electron chi connectivity index (χ0n) is 15.5. The molecule has 0 radical (unpaired) electrons. The van der Waals surface area contributed by atoms with E-state index < -0.39 is 30.0 Å². The Labute approximate surface area is 171 Å². The molecular formula is C15H15ClF3N5O4S. The molecule has 0 saturated carbocycles. The number of tetrazole rings is 1. The molecule has 0 aliphatic carbocycles. The first kappa shape index (κ1) is 22.7. The lowest BCUT2D eigenvalue weighted by molar-refractivity contribution is -0.139. The van der Waals surface area contributed by atoms with Crippen LogP contribution in [0.25, 0.3) is 0 Å². The molecular weight excluding hydrogens is 439 g/mol. The lowest BCUT2D eigenvalue weighted by Gasteiger charge is -2.14. The van der Waals surface area contributed by atoms with Crippen molar-refractivity contribution in [3.05, 3.63) is 33.9 Å². The van der Waals surface area contributed by atoms with Gasteiger partial charge in [0.1, 0.15) is 0 Å². The van der Waals surface area contributed by atoms with Crippen LogP contribution in [0.2, 0.25) is 5.02 Å². The Morgan fingerprint density at radius 2 is 1.97 bits per heavy atom. The quantitative estimate of drug-likeness (QED) is 0.518. The molecule has 9 nitrogen and oxygen atoms in total. The van der Waals surface area contributed by atoms with Gasteiger partial charge < -0.3 is 9.47 Å². The molecule has 1 aromatic carbocycles. The fraction of sp³-hybridized carbons (Fsp3) is 0.400. The second-order valence-electron chi connectivity index (χ2n) is 5.44. The first-order valence-electron chi connectivity index (χ1n) is 7.77. The predicted octanol–water partition coefficient (Wildman–Crippen LogP) is 3.05. The molecule has 2 rings (SSSR count). The van der Waals surface area contributed by atoms with Gasteiger partial charge in [0, 0.05) is 11.9 Å². The third-order valence-corrected chi connectivity index (χ3v) is 4.92. The highest BCUT2D eigenvalue weighted by atomic mass is 35.5. The number of methoxy groups -OCH3 is 1. The zero-order chi connectivity index (χ0) is 21.9. The summed E-state index contributed by atoms with van der Waals surface area (Å²) in [5, 5.41) is 7.03. The van der Waals surface area contributed by atoms with Crippen LogP contribution in [-0.2, 0) is 22.7 Å². The zero-order valence-corrected chi connectivity index (χ0v) is 17.1. The second kappa shape index (κ2) is 8.86. The summed E-state index contributed by atoms with van der Waals surface area (Å²) in [6.07, 6.45) is -5.25. The topological polar surface area (TPSA) is 101 Å². The number of aryl methyl sites for hydroxylation is 1. The minimum Gasteiger partial charge on any atom is -0.438 e. The van der Waals surface area contributed by atoms with E-state index in [1.165, 1.54) is 20.2 Å². The average Bonchev–Trinajstić information content (AvgIpc) is 3.00. The highest BCUT2D eigenvalue weighted by Gasteiger charge is 2.35. The van der Waals surface area contributed by atoms with Crippen molar-refractivity contribution < 1.29 is 32.2 Å². The molecule has 0 aliphatic rings. The highest BCUT2D eigenvalue weighted by Crippen LogP contribution is 2.41. The number of carbonyl (C=O) groups excluding carboxylic acids is 2. The highest BCUT2D eigenvalue weighted by molar-refractivity contribution is 7.98. The van der Waals surface area contributed by atoms with Gasteiger partial charge in [0.05, 0.1) is 23.3 Å². The van der Waals surface area contributed by atoms with Crippen LogP contribution in [0, 0.1) is 0 Å². The third kappa shape index (κ3) is 4.90. The molecule has 1 aromatic heterocycles. The molecule has 0 aliphatic heterocycles. The summed E-state index contributed by atoms with van der Waals surface area (Å²) < 4.78 is 50.8. The second-order valence-corrected chi connectivity index (χ2v) is 6.64. The van der Waals surface area contributed by atoms with E-state index in [2.05, 4.69) is 20.2 Å². The van der Waals surface area contributed by atoms with Crippen LogP contribution in [0.15, 0.2) is 22.0 Å². The lowest BCUT2D eigenvalue weighted by atomic mass is 10.1. The Balaban J connectivity index is 2.51. The third-order valence-electron chi connectivity index (χ3n) is 3.58. The van der Waals surface area contributed by atoms with Crippen LogP contribution >= 0.6 is 23.4 Å². The number of aromatic nitrogens is 4. The number of halogens is 4. The van der Waals surface area contributed by atoms with E-state index in [0.717, 1.165) is 40.4 Å². The standard InChI is InChI=1S/C15H15ClF3N5O4S/c1-7(28-14(26)27-3)24-13(23(2)21-22-24)20-12(25)8-5-6-9(15(17,18)19)11(29-4)10(8)16/h5-7H,1-4H3/b20-13-. The van der Waals surface area contributed by atoms with Crippen molar-refractivity contribution in [2.24, 2.45) is 12.0 Å². The number of nitrogens with zero attached hydrogens (tertiary/aromatic N) is 5. The predicted molar refractivity (Wildman–Crippen MR) is 95.3 cm³/mol. The SMILES string of the molecule is COC(=O)OC(C)n1nnn(C)/c1=N/C(=O)c1ccc(C(F)(F)F)c(SC)c1Cl. The Morgan fingerprint density at radius 3 is 2.52 bits per heavy atom. The van der Waals surface area contributed by atoms with E-state index in [9.17, 15) is 22.8 Å². The van der Waals surface area contributed by atoms with Crippen molar-refractivity contribution in [3.8, 4) is 0 Å². The number of benzene rings is 1. The van der Waals surface area contributed by atoms with Gasteiger partial charge in [0.15, 0.2) is 0 Å². The van der Waals surface area contributed by atoms with Gasteiger partial charge in [-0.15, -0.1) is 11.8 Å². The first-order valence-corrected chi connectivity index (χ1v) is 9.37. The maximum absolute atomic E-state index is 13.1. The maximum atomic E-state index is 13.1. The number of hydrogen-bond donors (Lipinski definition) is 0. The fourth-order valence-electron chi connectivity index (χ4n) is 2.22. The van der Waals surface area contributed by atoms with Gasteiger partial charge >= 0.3 is 12.3 Å². The number of hydrogen-bond acceptors (Lipinski definition) is 7. The number of rotatable bonds is 4. The van der Waals surface area contributed by atoms with E-state index in [0.29, 0.717) is 0 Å². The van der Waals surface area contributed by atoms with Gasteiger partial charge in [-0.25, -0.2) is 9.48 Å². The molecule has 0 saturated heterocycles. The van der Waals surface area contributed by atoms with Crippen molar-refractivity contribution >= 4 is 35.4 Å². The molecule has 1 heterocycles. The number of amides is 1. The van der Waals surface area contributed by atoms with Crippen LogP contribution in [0.5, 0.6) is 0 Å². The Kier molecular flexibility index (Phi) is 6.95. The fourth-order valence-corrected chi connectivity index (χ4v) is 3.39. The van der Waals surface area contributed by atoms with Crippen LogP contribution < -0.4 is 5.62 Å². The Hall–Kier alpha value is -2.54. The van der Waals surface area contributed by atoms with Gasteiger partial charge in [-0.2, -0.15) is 22.8 Å². The van der Waals surface area contributed by atoms with E-state index in [4.69, 9.17) is 16.3 Å². The molecule has 158 valence electrons. The summed E-state index contributed by atoms with van der Waals surface area (Å²) in [4.78, 5) is 27.4. The Morgan fingerprint density at radius 1 is 1.31 bits per heavy atom. The molecule has 1 unspecified atom stereocenters. The smallest absolute Gasteiger partial charge is 0.438 e. The summed E-state index contributed by atoms with van der Waals surface area (Å²) in [6, 6.07) is 1.71. The van der Waals surface area contributed by atoms with Crippen molar-refractivity contribution in [3.63, 3.8) is 0 Å². The molecule has 0 bridgehead atoms. The lowest BCUT2D eigenvalue weighted by Crippen LogP contribution is -2.31. The molecule has 14 heteroatoms. The van der Waals surface area contributed by atoms with Crippen LogP contribution in [0.3, 0.4) is 0 Å². The van der Waals surface area contributed by atoms with Gasteiger partial charge in [0.25, 0.3) is 11.5 Å². The number of ether oxygens (including phenoxy) is 2. The maximum Gasteiger partial charge on any atom is 0.509 e. The summed E-state index contributed by atoms with van der Waals surface area (Å²) in [5.74, 6) is -0.927. The monoisotopic (exact) mass is 453 g/mol. The summed E-state index contributed by atoms with van der Waals surface area (Å²) in [6.45, 7) is 1.42. The summed E-state index contributed by atoms with van der Waals surface area (Å²) in [7, 11) is 2.53. The van der Waals surface area contributed by atoms with Crippen molar-refractivity contribution in [1.82, 2.24) is 19.8 Å². The van der Waals surface area contributed by atoms with E-state index in [-0.39, 0.29) is 21.1 Å². The average molecular weight is 454 g/mol. The van der Waals surface area contributed by atoms with Gasteiger partial charge in [0.2, 0.25) is 6.23 Å². The minimum atomic E-state index is -4.63. The molecule has 29 heavy (non-hydrogen) atoms. The van der Waals surface area contributed by atoms with Gasteiger partial charge in [-0.05, 0) is 35.7 Å². The molecule has 2 aromatic rings. The van der Waals surface area contributed by atoms with E-state index >= 15 is 0 Å². The summed E-state index contributed by atoms with van der Waals surface area (Å²) in [5.41, 5.74) is -1.32. The van der Waals surface area contributed by atoms with Crippen LogP contribution in [-0.4, -0.2) is 45.2 Å². The van der Waals surface area contributed by atoms with Crippen LogP contribution in [0.4, 0.5) is 18.0 Å². The largest absolute Gasteiger partial charge is 0.509 e. The number of alkyl halides is 3. The van der Waals surface area contributed by atoms with Crippen molar-refractivity contribution in [2.75, 3.05) is 13.4 Å². The number of carbonyl (C=O) groups is 2. The van der Waals surface area contributed by atoms with Crippen molar-refractivity contribution in [2.45, 2.75) is 24.2 Å².